The lowest BCUT2D eigenvalue weighted by Crippen LogP contribution is -2.10. The lowest BCUT2D eigenvalue weighted by atomic mass is 10.1. The van der Waals surface area contributed by atoms with E-state index in [1.165, 1.54) is 6.07 Å². The van der Waals surface area contributed by atoms with E-state index < -0.39 is 24.5 Å². The average molecular weight is 216 g/mol. The van der Waals surface area contributed by atoms with Crippen molar-refractivity contribution in [1.29, 1.82) is 0 Å². The molecule has 0 aliphatic carbocycles. The lowest BCUT2D eigenvalue weighted by Gasteiger charge is -2.07. The maximum absolute atomic E-state index is 12.3. The molecular weight excluding hydrogens is 206 g/mol. The van der Waals surface area contributed by atoms with Gasteiger partial charge in [-0.25, -0.2) is 8.78 Å². The molecule has 1 aromatic rings. The van der Waals surface area contributed by atoms with Crippen LogP contribution in [0, 0.1) is 0 Å². The number of nitrogens with two attached hydrogens (primary N) is 1. The second-order valence-electron chi connectivity index (χ2n) is 2.92. The number of pyridine rings is 1. The Hall–Kier alpha value is -1.56. The van der Waals surface area contributed by atoms with Gasteiger partial charge in [0.05, 0.1) is 12.1 Å². The third-order valence-corrected chi connectivity index (χ3v) is 1.85. The zero-order chi connectivity index (χ0) is 11.4. The normalized spacial score (nSPS) is 10.7. The molecule has 6 heteroatoms. The molecule has 4 nitrogen and oxygen atoms in total. The summed E-state index contributed by atoms with van der Waals surface area (Å²) < 4.78 is 24.6. The molecule has 0 atom stereocenters. The first kappa shape index (κ1) is 11.5. The number of alkyl halides is 2. The molecule has 1 aromatic heterocycles. The highest BCUT2D eigenvalue weighted by Crippen LogP contribution is 2.18. The molecule has 0 aliphatic rings. The van der Waals surface area contributed by atoms with Gasteiger partial charge in [0.1, 0.15) is 5.69 Å². The van der Waals surface area contributed by atoms with Gasteiger partial charge in [-0.15, -0.1) is 0 Å². The number of aromatic nitrogens is 1. The third-order valence-electron chi connectivity index (χ3n) is 1.85. The highest BCUT2D eigenvalue weighted by molar-refractivity contribution is 5.70. The lowest BCUT2D eigenvalue weighted by molar-refractivity contribution is -0.136. The largest absolute Gasteiger partial charge is 0.481 e. The van der Waals surface area contributed by atoms with Crippen LogP contribution in [0.3, 0.4) is 0 Å². The van der Waals surface area contributed by atoms with Crippen molar-refractivity contribution in [2.45, 2.75) is 19.4 Å². The summed E-state index contributed by atoms with van der Waals surface area (Å²) in [6.07, 6.45) is -3.10. The first-order chi connectivity index (χ1) is 7.04. The number of carbonyl (C=O) groups is 1. The van der Waals surface area contributed by atoms with Gasteiger partial charge in [0.15, 0.2) is 0 Å². The zero-order valence-electron chi connectivity index (χ0n) is 7.78. The molecule has 0 bridgehead atoms. The van der Waals surface area contributed by atoms with Crippen molar-refractivity contribution in [1.82, 2.24) is 4.98 Å². The Labute approximate surface area is 84.7 Å². The molecule has 0 amide bonds. The molecule has 1 rings (SSSR count). The van der Waals surface area contributed by atoms with Gasteiger partial charge in [0, 0.05) is 6.54 Å². The predicted octanol–water partition coefficient (Wildman–Crippen LogP) is 1.10. The Morgan fingerprint density at radius 1 is 1.53 bits per heavy atom. The molecule has 15 heavy (non-hydrogen) atoms. The van der Waals surface area contributed by atoms with Crippen molar-refractivity contribution < 1.29 is 18.7 Å². The number of hydrogen-bond donors (Lipinski definition) is 2. The molecule has 0 spiro atoms. The summed E-state index contributed by atoms with van der Waals surface area (Å²) in [6, 6.07) is 2.53. The minimum atomic E-state index is -2.70. The smallest absolute Gasteiger partial charge is 0.309 e. The van der Waals surface area contributed by atoms with E-state index >= 15 is 0 Å². The minimum Gasteiger partial charge on any atom is -0.481 e. The molecule has 3 N–H and O–H groups in total. The summed E-state index contributed by atoms with van der Waals surface area (Å²) in [4.78, 5) is 14.0. The van der Waals surface area contributed by atoms with E-state index in [4.69, 9.17) is 10.8 Å². The molecule has 0 aliphatic heterocycles. The van der Waals surface area contributed by atoms with Gasteiger partial charge in [-0.2, -0.15) is 0 Å². The summed E-state index contributed by atoms with van der Waals surface area (Å²) in [5, 5.41) is 8.55. The summed E-state index contributed by atoms with van der Waals surface area (Å²) >= 11 is 0. The summed E-state index contributed by atoms with van der Waals surface area (Å²) in [5.41, 5.74) is 5.48. The van der Waals surface area contributed by atoms with E-state index in [1.807, 2.05) is 0 Å². The van der Waals surface area contributed by atoms with E-state index in [1.54, 1.807) is 0 Å². The van der Waals surface area contributed by atoms with E-state index in [2.05, 4.69) is 4.98 Å². The summed E-state index contributed by atoms with van der Waals surface area (Å²) in [5.74, 6) is -1.12. The van der Waals surface area contributed by atoms with Crippen molar-refractivity contribution in [3.63, 3.8) is 0 Å². The molecule has 0 aromatic carbocycles. The SMILES string of the molecule is NCc1ccc(C(F)F)nc1CC(=O)O. The van der Waals surface area contributed by atoms with Crippen molar-refractivity contribution in [2.24, 2.45) is 5.73 Å². The van der Waals surface area contributed by atoms with Crippen LogP contribution in [0.2, 0.25) is 0 Å². The van der Waals surface area contributed by atoms with Gasteiger partial charge in [-0.1, -0.05) is 6.07 Å². The first-order valence-corrected chi connectivity index (χ1v) is 4.23. The second kappa shape index (κ2) is 4.79. The van der Waals surface area contributed by atoms with Crippen LogP contribution in [0.25, 0.3) is 0 Å². The third kappa shape index (κ3) is 2.95. The molecular formula is C9H10F2N2O2. The molecule has 82 valence electrons. The molecule has 1 heterocycles. The summed E-state index contributed by atoms with van der Waals surface area (Å²) in [7, 11) is 0. The van der Waals surface area contributed by atoms with Crippen LogP contribution in [0.1, 0.15) is 23.4 Å². The first-order valence-electron chi connectivity index (χ1n) is 4.23. The van der Waals surface area contributed by atoms with Crippen molar-refractivity contribution in [2.75, 3.05) is 0 Å². The van der Waals surface area contributed by atoms with Crippen molar-refractivity contribution in [3.8, 4) is 0 Å². The van der Waals surface area contributed by atoms with Crippen LogP contribution in [0.15, 0.2) is 12.1 Å². The average Bonchev–Trinajstić information content (AvgIpc) is 2.16. The van der Waals surface area contributed by atoms with Crippen LogP contribution in [0.4, 0.5) is 8.78 Å². The Morgan fingerprint density at radius 2 is 2.20 bits per heavy atom. The Bertz CT molecular complexity index is 369. The number of aliphatic carboxylic acids is 1. The number of carboxylic acid groups (broad SMARTS) is 1. The van der Waals surface area contributed by atoms with Crippen molar-refractivity contribution >= 4 is 5.97 Å². The number of hydrogen-bond acceptors (Lipinski definition) is 3. The fourth-order valence-electron chi connectivity index (χ4n) is 1.15. The monoisotopic (exact) mass is 216 g/mol. The van der Waals surface area contributed by atoms with Crippen LogP contribution >= 0.6 is 0 Å². The van der Waals surface area contributed by atoms with Gasteiger partial charge >= 0.3 is 5.97 Å². The van der Waals surface area contributed by atoms with E-state index in [9.17, 15) is 13.6 Å². The fourth-order valence-corrected chi connectivity index (χ4v) is 1.15. The Kier molecular flexibility index (Phi) is 3.68. The molecule has 0 unspecified atom stereocenters. The zero-order valence-corrected chi connectivity index (χ0v) is 7.78. The number of nitrogens with zero attached hydrogens (tertiary/aromatic N) is 1. The molecule has 0 saturated carbocycles. The fraction of sp³-hybridized carbons (Fsp3) is 0.333. The van der Waals surface area contributed by atoms with Crippen LogP contribution in [-0.2, 0) is 17.8 Å². The molecule has 0 radical (unpaired) electrons. The maximum Gasteiger partial charge on any atom is 0.309 e. The van der Waals surface area contributed by atoms with Gasteiger partial charge < -0.3 is 10.8 Å². The van der Waals surface area contributed by atoms with Gasteiger partial charge in [0.2, 0.25) is 0 Å². The highest BCUT2D eigenvalue weighted by Gasteiger charge is 2.13. The minimum absolute atomic E-state index is 0.0825. The maximum atomic E-state index is 12.3. The van der Waals surface area contributed by atoms with Gasteiger partial charge in [-0.05, 0) is 11.6 Å². The van der Waals surface area contributed by atoms with E-state index in [-0.39, 0.29) is 12.2 Å². The number of rotatable bonds is 4. The van der Waals surface area contributed by atoms with Crippen molar-refractivity contribution in [3.05, 3.63) is 29.1 Å². The van der Waals surface area contributed by atoms with E-state index in [0.29, 0.717) is 5.56 Å². The van der Waals surface area contributed by atoms with Crippen LogP contribution in [-0.4, -0.2) is 16.1 Å². The predicted molar refractivity (Wildman–Crippen MR) is 48.4 cm³/mol. The van der Waals surface area contributed by atoms with Gasteiger partial charge in [-0.3, -0.25) is 9.78 Å². The molecule has 0 fully saturated rings. The van der Waals surface area contributed by atoms with E-state index in [0.717, 1.165) is 6.07 Å². The number of halogens is 2. The standard InChI is InChI=1S/C9H10F2N2O2/c10-9(11)6-2-1-5(4-12)7(13-6)3-8(14)15/h1-2,9H,3-4,12H2,(H,14,15). The number of carboxylic acids is 1. The van der Waals surface area contributed by atoms with Crippen LogP contribution in [0.5, 0.6) is 0 Å². The molecule has 0 saturated heterocycles. The Balaban J connectivity index is 3.07. The second-order valence-corrected chi connectivity index (χ2v) is 2.92. The van der Waals surface area contributed by atoms with Gasteiger partial charge in [0.25, 0.3) is 6.43 Å². The highest BCUT2D eigenvalue weighted by atomic mass is 19.3. The Morgan fingerprint density at radius 3 is 2.67 bits per heavy atom. The quantitative estimate of drug-likeness (QED) is 0.790. The van der Waals surface area contributed by atoms with Crippen LogP contribution < -0.4 is 5.73 Å². The topological polar surface area (TPSA) is 76.2 Å². The summed E-state index contributed by atoms with van der Waals surface area (Å²) in [6.45, 7) is 0.0825.